The van der Waals surface area contributed by atoms with Gasteiger partial charge in [0.05, 0.1) is 0 Å². The van der Waals surface area contributed by atoms with E-state index in [0.717, 1.165) is 4.88 Å². The first-order chi connectivity index (χ1) is 9.58. The lowest BCUT2D eigenvalue weighted by Crippen LogP contribution is -2.32. The Balaban J connectivity index is 2.00. The van der Waals surface area contributed by atoms with E-state index in [1.54, 1.807) is 6.20 Å². The summed E-state index contributed by atoms with van der Waals surface area (Å²) in [7, 11) is 0. The Morgan fingerprint density at radius 3 is 2.70 bits per heavy atom. The molecule has 0 spiro atoms. The first kappa shape index (κ1) is 14.5. The lowest BCUT2D eigenvalue weighted by atomic mass is 10.2. The molecule has 1 aromatic heterocycles. The van der Waals surface area contributed by atoms with Crippen molar-refractivity contribution in [2.45, 2.75) is 26.4 Å². The van der Waals surface area contributed by atoms with E-state index < -0.39 is 6.10 Å². The molecule has 6 heteroatoms. The highest BCUT2D eigenvalue weighted by molar-refractivity contribution is 7.15. The van der Waals surface area contributed by atoms with Crippen LogP contribution < -0.4 is 10.1 Å². The normalized spacial score (nSPS) is 11.9. The van der Waals surface area contributed by atoms with Crippen LogP contribution in [0.15, 0.2) is 30.5 Å². The van der Waals surface area contributed by atoms with Gasteiger partial charge in [-0.05, 0) is 37.6 Å². The van der Waals surface area contributed by atoms with Crippen LogP contribution in [0.25, 0.3) is 0 Å². The summed E-state index contributed by atoms with van der Waals surface area (Å²) in [4.78, 5) is 17.2. The molecule has 20 heavy (non-hydrogen) atoms. The monoisotopic (exact) mass is 294 g/mol. The molecule has 0 fully saturated rings. The van der Waals surface area contributed by atoms with Crippen LogP contribution in [0, 0.1) is 12.7 Å². The molecule has 0 aliphatic heterocycles. The fraction of sp³-hybridized carbons (Fsp3) is 0.286. The molecule has 0 saturated carbocycles. The van der Waals surface area contributed by atoms with Crippen molar-refractivity contribution in [3.8, 4) is 5.75 Å². The molecule has 0 aliphatic carbocycles. The van der Waals surface area contributed by atoms with Crippen LogP contribution in [-0.2, 0) is 4.79 Å². The first-order valence-electron chi connectivity index (χ1n) is 6.24. The number of benzene rings is 1. The van der Waals surface area contributed by atoms with E-state index in [1.807, 2.05) is 13.8 Å². The van der Waals surface area contributed by atoms with E-state index in [2.05, 4.69) is 10.3 Å². The van der Waals surface area contributed by atoms with Crippen LogP contribution in [0.4, 0.5) is 9.52 Å². The summed E-state index contributed by atoms with van der Waals surface area (Å²) in [5, 5.41) is 3.26. The van der Waals surface area contributed by atoms with Crippen molar-refractivity contribution in [2.24, 2.45) is 0 Å². The molecule has 0 saturated heterocycles. The Kier molecular flexibility index (Phi) is 4.68. The van der Waals surface area contributed by atoms with Gasteiger partial charge in [0, 0.05) is 11.1 Å². The van der Waals surface area contributed by atoms with Gasteiger partial charge in [0.15, 0.2) is 11.2 Å². The third-order valence-electron chi connectivity index (χ3n) is 2.61. The van der Waals surface area contributed by atoms with E-state index in [0.29, 0.717) is 17.3 Å². The predicted molar refractivity (Wildman–Crippen MR) is 76.6 cm³/mol. The molecular formula is C14H15FN2O2S. The number of rotatable bonds is 5. The topological polar surface area (TPSA) is 51.2 Å². The Morgan fingerprint density at radius 1 is 1.45 bits per heavy atom. The number of ether oxygens (including phenoxy) is 1. The molecule has 0 bridgehead atoms. The van der Waals surface area contributed by atoms with Gasteiger partial charge in [0.25, 0.3) is 5.91 Å². The summed E-state index contributed by atoms with van der Waals surface area (Å²) in [6, 6.07) is 5.59. The van der Waals surface area contributed by atoms with Crippen molar-refractivity contribution in [3.63, 3.8) is 0 Å². The number of thiazole rings is 1. The van der Waals surface area contributed by atoms with E-state index in [9.17, 15) is 9.18 Å². The SMILES string of the molecule is CC[C@@H](Oc1ccc(F)cc1)C(=O)Nc1ncc(C)s1. The lowest BCUT2D eigenvalue weighted by molar-refractivity contribution is -0.122. The number of anilines is 1. The zero-order chi connectivity index (χ0) is 14.5. The molecule has 2 rings (SSSR count). The standard InChI is InChI=1S/C14H15FN2O2S/c1-3-12(19-11-6-4-10(15)5-7-11)13(18)17-14-16-8-9(2)20-14/h4-8,12H,3H2,1-2H3,(H,16,17,18)/t12-/m1/s1. The Labute approximate surface area is 120 Å². The van der Waals surface area contributed by atoms with E-state index in [1.165, 1.54) is 35.6 Å². The molecule has 0 radical (unpaired) electrons. The molecule has 1 N–H and O–H groups in total. The smallest absolute Gasteiger partial charge is 0.267 e. The van der Waals surface area contributed by atoms with Crippen LogP contribution >= 0.6 is 11.3 Å². The molecule has 4 nitrogen and oxygen atoms in total. The number of aryl methyl sites for hydroxylation is 1. The zero-order valence-corrected chi connectivity index (χ0v) is 12.0. The number of hydrogen-bond donors (Lipinski definition) is 1. The van der Waals surface area contributed by atoms with E-state index >= 15 is 0 Å². The fourth-order valence-electron chi connectivity index (χ4n) is 1.60. The Morgan fingerprint density at radius 2 is 2.15 bits per heavy atom. The number of nitrogens with zero attached hydrogens (tertiary/aromatic N) is 1. The maximum absolute atomic E-state index is 12.8. The summed E-state index contributed by atoms with van der Waals surface area (Å²) in [5.41, 5.74) is 0. The number of carbonyl (C=O) groups is 1. The summed E-state index contributed by atoms with van der Waals surface area (Å²) < 4.78 is 18.4. The predicted octanol–water partition coefficient (Wildman–Crippen LogP) is 3.39. The van der Waals surface area contributed by atoms with Crippen molar-refractivity contribution in [1.82, 2.24) is 4.98 Å². The fourth-order valence-corrected chi connectivity index (χ4v) is 2.27. The number of amides is 1. The molecular weight excluding hydrogens is 279 g/mol. The molecule has 2 aromatic rings. The second-order valence-corrected chi connectivity index (χ2v) is 5.47. The van der Waals surface area contributed by atoms with Crippen molar-refractivity contribution in [2.75, 3.05) is 5.32 Å². The lowest BCUT2D eigenvalue weighted by Gasteiger charge is -2.16. The minimum atomic E-state index is -0.635. The van der Waals surface area contributed by atoms with Gasteiger partial charge in [-0.2, -0.15) is 0 Å². The quantitative estimate of drug-likeness (QED) is 0.919. The van der Waals surface area contributed by atoms with Gasteiger partial charge in [-0.15, -0.1) is 11.3 Å². The average Bonchev–Trinajstić information content (AvgIpc) is 2.83. The van der Waals surface area contributed by atoms with E-state index in [-0.39, 0.29) is 11.7 Å². The number of carbonyl (C=O) groups excluding carboxylic acids is 1. The molecule has 1 atom stereocenters. The average molecular weight is 294 g/mol. The third kappa shape index (κ3) is 3.77. The summed E-state index contributed by atoms with van der Waals surface area (Å²) in [5.74, 6) is -0.136. The summed E-state index contributed by atoms with van der Waals surface area (Å²) in [6.07, 6.45) is 1.57. The molecule has 1 heterocycles. The third-order valence-corrected chi connectivity index (χ3v) is 3.43. The number of halogens is 1. The number of aromatic nitrogens is 1. The van der Waals surface area contributed by atoms with Crippen molar-refractivity contribution < 1.29 is 13.9 Å². The molecule has 0 unspecified atom stereocenters. The van der Waals surface area contributed by atoms with Crippen LogP contribution in [0.3, 0.4) is 0 Å². The minimum absolute atomic E-state index is 0.258. The zero-order valence-electron chi connectivity index (χ0n) is 11.2. The molecule has 1 amide bonds. The van der Waals surface area contributed by atoms with Gasteiger partial charge in [0.1, 0.15) is 11.6 Å². The van der Waals surface area contributed by atoms with Crippen LogP contribution in [0.1, 0.15) is 18.2 Å². The van der Waals surface area contributed by atoms with Crippen molar-refractivity contribution in [1.29, 1.82) is 0 Å². The van der Waals surface area contributed by atoms with Crippen LogP contribution in [0.5, 0.6) is 5.75 Å². The molecule has 1 aromatic carbocycles. The number of nitrogens with one attached hydrogen (secondary N) is 1. The van der Waals surface area contributed by atoms with Gasteiger partial charge in [-0.1, -0.05) is 6.92 Å². The van der Waals surface area contributed by atoms with Gasteiger partial charge in [0.2, 0.25) is 0 Å². The van der Waals surface area contributed by atoms with E-state index in [4.69, 9.17) is 4.74 Å². The second kappa shape index (κ2) is 6.47. The Hall–Kier alpha value is -1.95. The molecule has 106 valence electrons. The van der Waals surface area contributed by atoms with Gasteiger partial charge in [-0.25, -0.2) is 9.37 Å². The first-order valence-corrected chi connectivity index (χ1v) is 7.05. The minimum Gasteiger partial charge on any atom is -0.481 e. The highest BCUT2D eigenvalue weighted by Gasteiger charge is 2.19. The maximum atomic E-state index is 12.8. The van der Waals surface area contributed by atoms with Gasteiger partial charge in [-0.3, -0.25) is 10.1 Å². The highest BCUT2D eigenvalue weighted by atomic mass is 32.1. The van der Waals surface area contributed by atoms with Crippen molar-refractivity contribution in [3.05, 3.63) is 41.2 Å². The highest BCUT2D eigenvalue weighted by Crippen LogP contribution is 2.19. The van der Waals surface area contributed by atoms with Gasteiger partial charge >= 0.3 is 0 Å². The largest absolute Gasteiger partial charge is 0.481 e. The second-order valence-electron chi connectivity index (χ2n) is 4.23. The maximum Gasteiger partial charge on any atom is 0.267 e. The summed E-state index contributed by atoms with van der Waals surface area (Å²) >= 11 is 1.40. The van der Waals surface area contributed by atoms with Gasteiger partial charge < -0.3 is 4.74 Å². The van der Waals surface area contributed by atoms with Crippen LogP contribution in [-0.4, -0.2) is 17.0 Å². The molecule has 0 aliphatic rings. The Bertz CT molecular complexity index is 583. The van der Waals surface area contributed by atoms with Crippen LogP contribution in [0.2, 0.25) is 0 Å². The number of hydrogen-bond acceptors (Lipinski definition) is 4. The van der Waals surface area contributed by atoms with Crippen molar-refractivity contribution >= 4 is 22.4 Å². The summed E-state index contributed by atoms with van der Waals surface area (Å²) in [6.45, 7) is 3.76.